The number of benzene rings is 2. The SMILES string of the molecule is COc1cc2[c]cccc2cc1OC. The van der Waals surface area contributed by atoms with Gasteiger partial charge in [-0.3, -0.25) is 0 Å². The molecule has 0 aliphatic carbocycles. The van der Waals surface area contributed by atoms with Crippen LogP contribution in [0.5, 0.6) is 11.5 Å². The first-order valence-electron chi connectivity index (χ1n) is 4.37. The maximum absolute atomic E-state index is 5.21. The molecule has 0 aliphatic rings. The van der Waals surface area contributed by atoms with Crippen molar-refractivity contribution in [3.8, 4) is 11.5 Å². The van der Waals surface area contributed by atoms with Crippen molar-refractivity contribution in [3.05, 3.63) is 36.4 Å². The largest absolute Gasteiger partial charge is 0.493 e. The van der Waals surface area contributed by atoms with Crippen LogP contribution < -0.4 is 9.47 Å². The Morgan fingerprint density at radius 3 is 2.50 bits per heavy atom. The van der Waals surface area contributed by atoms with Gasteiger partial charge in [0, 0.05) is 0 Å². The van der Waals surface area contributed by atoms with E-state index in [0.29, 0.717) is 0 Å². The fourth-order valence-corrected chi connectivity index (χ4v) is 1.45. The molecule has 2 heteroatoms. The monoisotopic (exact) mass is 187 g/mol. The van der Waals surface area contributed by atoms with E-state index in [1.807, 2.05) is 30.3 Å². The van der Waals surface area contributed by atoms with Crippen LogP contribution in [-0.4, -0.2) is 14.2 Å². The lowest BCUT2D eigenvalue weighted by Gasteiger charge is -2.08. The highest BCUT2D eigenvalue weighted by molar-refractivity contribution is 5.85. The summed E-state index contributed by atoms with van der Waals surface area (Å²) in [7, 11) is 3.27. The average Bonchev–Trinajstić information content (AvgIpc) is 2.27. The van der Waals surface area contributed by atoms with Crippen molar-refractivity contribution in [1.82, 2.24) is 0 Å². The first-order valence-corrected chi connectivity index (χ1v) is 4.37. The van der Waals surface area contributed by atoms with E-state index in [-0.39, 0.29) is 0 Å². The number of ether oxygens (including phenoxy) is 2. The molecule has 0 saturated heterocycles. The molecule has 2 aromatic carbocycles. The van der Waals surface area contributed by atoms with Crippen LogP contribution in [0.1, 0.15) is 0 Å². The Balaban J connectivity index is 2.69. The molecule has 0 saturated carbocycles. The van der Waals surface area contributed by atoms with Crippen molar-refractivity contribution in [2.24, 2.45) is 0 Å². The van der Waals surface area contributed by atoms with Crippen molar-refractivity contribution in [2.45, 2.75) is 0 Å². The molecule has 0 aliphatic heterocycles. The Bertz CT molecular complexity index is 407. The van der Waals surface area contributed by atoms with Gasteiger partial charge in [-0.1, -0.05) is 18.2 Å². The van der Waals surface area contributed by atoms with Crippen molar-refractivity contribution in [2.75, 3.05) is 14.2 Å². The molecule has 0 N–H and O–H groups in total. The van der Waals surface area contributed by atoms with Gasteiger partial charge in [-0.05, 0) is 29.0 Å². The lowest BCUT2D eigenvalue weighted by molar-refractivity contribution is 0.356. The second-order valence-electron chi connectivity index (χ2n) is 2.96. The number of hydrogen-bond donors (Lipinski definition) is 0. The highest BCUT2D eigenvalue weighted by atomic mass is 16.5. The number of fused-ring (bicyclic) bond motifs is 1. The Morgan fingerprint density at radius 2 is 1.79 bits per heavy atom. The summed E-state index contributed by atoms with van der Waals surface area (Å²) >= 11 is 0. The van der Waals surface area contributed by atoms with E-state index in [4.69, 9.17) is 9.47 Å². The Hall–Kier alpha value is -1.70. The molecule has 14 heavy (non-hydrogen) atoms. The lowest BCUT2D eigenvalue weighted by atomic mass is 10.1. The number of rotatable bonds is 2. The molecule has 0 heterocycles. The van der Waals surface area contributed by atoms with E-state index in [2.05, 4.69) is 6.07 Å². The van der Waals surface area contributed by atoms with Crippen molar-refractivity contribution in [3.63, 3.8) is 0 Å². The molecule has 0 atom stereocenters. The Kier molecular flexibility index (Phi) is 2.27. The highest BCUT2D eigenvalue weighted by Gasteiger charge is 2.04. The molecule has 0 unspecified atom stereocenters. The molecule has 2 nitrogen and oxygen atoms in total. The summed E-state index contributed by atoms with van der Waals surface area (Å²) in [6.45, 7) is 0. The fraction of sp³-hybridized carbons (Fsp3) is 0.167. The Labute approximate surface area is 83.1 Å². The second-order valence-corrected chi connectivity index (χ2v) is 2.96. The van der Waals surface area contributed by atoms with Crippen LogP contribution in [0.15, 0.2) is 30.3 Å². The summed E-state index contributed by atoms with van der Waals surface area (Å²) in [5.41, 5.74) is 0. The predicted molar refractivity (Wildman–Crippen MR) is 55.9 cm³/mol. The van der Waals surface area contributed by atoms with E-state index in [9.17, 15) is 0 Å². The highest BCUT2D eigenvalue weighted by Crippen LogP contribution is 2.31. The third kappa shape index (κ3) is 1.39. The van der Waals surface area contributed by atoms with Gasteiger partial charge in [0.05, 0.1) is 14.2 Å². The van der Waals surface area contributed by atoms with E-state index in [0.717, 1.165) is 22.3 Å². The summed E-state index contributed by atoms with van der Waals surface area (Å²) in [6.07, 6.45) is 0. The summed E-state index contributed by atoms with van der Waals surface area (Å²) in [6, 6.07) is 12.9. The Morgan fingerprint density at radius 1 is 1.07 bits per heavy atom. The zero-order chi connectivity index (χ0) is 9.97. The zero-order valence-electron chi connectivity index (χ0n) is 8.20. The molecule has 1 radical (unpaired) electrons. The van der Waals surface area contributed by atoms with Crippen LogP contribution in [0.3, 0.4) is 0 Å². The van der Waals surface area contributed by atoms with Gasteiger partial charge in [-0.2, -0.15) is 0 Å². The molecule has 2 rings (SSSR count). The standard InChI is InChI=1S/C12H11O2/c1-13-11-7-9-5-3-4-6-10(9)8-12(11)14-2/h3-5,7-8H,1-2H3. The zero-order valence-corrected chi connectivity index (χ0v) is 8.20. The third-order valence-corrected chi connectivity index (χ3v) is 2.17. The maximum atomic E-state index is 5.21. The first-order chi connectivity index (χ1) is 6.85. The van der Waals surface area contributed by atoms with Crippen molar-refractivity contribution >= 4 is 10.8 Å². The molecule has 0 amide bonds. The quantitative estimate of drug-likeness (QED) is 0.719. The van der Waals surface area contributed by atoms with Crippen LogP contribution >= 0.6 is 0 Å². The van der Waals surface area contributed by atoms with Crippen molar-refractivity contribution < 1.29 is 9.47 Å². The number of methoxy groups -OCH3 is 2. The summed E-state index contributed by atoms with van der Waals surface area (Å²) in [5, 5.41) is 2.13. The molecule has 0 aromatic heterocycles. The van der Waals surface area contributed by atoms with Gasteiger partial charge in [0.15, 0.2) is 11.5 Å². The van der Waals surface area contributed by atoms with Crippen LogP contribution in [0, 0.1) is 6.07 Å². The summed E-state index contributed by atoms with van der Waals surface area (Å²) in [4.78, 5) is 0. The number of hydrogen-bond acceptors (Lipinski definition) is 2. The molecule has 2 aromatic rings. The summed E-state index contributed by atoms with van der Waals surface area (Å²) < 4.78 is 10.4. The van der Waals surface area contributed by atoms with Gasteiger partial charge in [0.1, 0.15) is 0 Å². The van der Waals surface area contributed by atoms with Gasteiger partial charge in [-0.25, -0.2) is 0 Å². The summed E-state index contributed by atoms with van der Waals surface area (Å²) in [5.74, 6) is 1.49. The van der Waals surface area contributed by atoms with Crippen LogP contribution in [0.2, 0.25) is 0 Å². The van der Waals surface area contributed by atoms with E-state index in [1.54, 1.807) is 14.2 Å². The minimum Gasteiger partial charge on any atom is -0.493 e. The minimum atomic E-state index is 0.738. The van der Waals surface area contributed by atoms with Crippen LogP contribution in [0.4, 0.5) is 0 Å². The van der Waals surface area contributed by atoms with Gasteiger partial charge in [0.25, 0.3) is 0 Å². The first kappa shape index (κ1) is 8.88. The van der Waals surface area contributed by atoms with Gasteiger partial charge in [-0.15, -0.1) is 0 Å². The van der Waals surface area contributed by atoms with Crippen LogP contribution in [0.25, 0.3) is 10.8 Å². The van der Waals surface area contributed by atoms with Gasteiger partial charge < -0.3 is 9.47 Å². The lowest BCUT2D eigenvalue weighted by Crippen LogP contribution is -1.90. The second kappa shape index (κ2) is 3.58. The van der Waals surface area contributed by atoms with E-state index >= 15 is 0 Å². The minimum absolute atomic E-state index is 0.738. The van der Waals surface area contributed by atoms with Gasteiger partial charge in [0.2, 0.25) is 0 Å². The van der Waals surface area contributed by atoms with Gasteiger partial charge >= 0.3 is 0 Å². The smallest absolute Gasteiger partial charge is 0.161 e. The predicted octanol–water partition coefficient (Wildman–Crippen LogP) is 2.66. The van der Waals surface area contributed by atoms with E-state index < -0.39 is 0 Å². The molecule has 71 valence electrons. The molecular formula is C12H11O2. The molecular weight excluding hydrogens is 176 g/mol. The average molecular weight is 187 g/mol. The normalized spacial score (nSPS) is 10.1. The maximum Gasteiger partial charge on any atom is 0.161 e. The van der Waals surface area contributed by atoms with Crippen molar-refractivity contribution in [1.29, 1.82) is 0 Å². The molecule has 0 bridgehead atoms. The third-order valence-electron chi connectivity index (χ3n) is 2.17. The fourth-order valence-electron chi connectivity index (χ4n) is 1.45. The topological polar surface area (TPSA) is 18.5 Å². The molecule has 0 fully saturated rings. The van der Waals surface area contributed by atoms with E-state index in [1.165, 1.54) is 0 Å². The molecule has 0 spiro atoms. The van der Waals surface area contributed by atoms with Crippen LogP contribution in [-0.2, 0) is 0 Å².